The zero-order chi connectivity index (χ0) is 15.1. The molecule has 5 nitrogen and oxygen atoms in total. The second kappa shape index (κ2) is 8.43. The molecular weight excluding hydrogens is 395 g/mol. The largest absolute Gasteiger partial charge is 0.383 e. The third-order valence-electron chi connectivity index (χ3n) is 2.52. The number of likely N-dealkylation sites (N-methyl/N-ethyl adjacent to an activating group) is 1. The van der Waals surface area contributed by atoms with Crippen LogP contribution < -0.4 is 5.32 Å². The Bertz CT molecular complexity index is 497. The van der Waals surface area contributed by atoms with Gasteiger partial charge in [-0.3, -0.25) is 9.59 Å². The molecule has 7 heteroatoms. The fraction of sp³-hybridized carbons (Fsp3) is 0.385. The average Bonchev–Trinajstić information content (AvgIpc) is 2.41. The van der Waals surface area contributed by atoms with Gasteiger partial charge in [0, 0.05) is 29.8 Å². The number of carbonyl (C=O) groups excluding carboxylic acids is 2. The second-order valence-electron chi connectivity index (χ2n) is 4.13. The molecule has 1 aromatic rings. The first-order chi connectivity index (χ1) is 9.45. The molecule has 0 aromatic heterocycles. The molecule has 110 valence electrons. The average molecular weight is 411 g/mol. The lowest BCUT2D eigenvalue weighted by atomic mass is 10.2. The van der Waals surface area contributed by atoms with E-state index in [-0.39, 0.29) is 18.4 Å². The van der Waals surface area contributed by atoms with Gasteiger partial charge in [-0.15, -0.1) is 0 Å². The van der Waals surface area contributed by atoms with Gasteiger partial charge in [-0.05, 0) is 40.8 Å². The fourth-order valence-corrected chi connectivity index (χ4v) is 2.00. The smallest absolute Gasteiger partial charge is 0.254 e. The molecular formula is C13H16ClIN2O3. The maximum Gasteiger partial charge on any atom is 0.254 e. The minimum absolute atomic E-state index is 0.00778. The summed E-state index contributed by atoms with van der Waals surface area (Å²) in [5.74, 6) is -0.472. The summed E-state index contributed by atoms with van der Waals surface area (Å²) in [6, 6.07) is 5.06. The number of rotatable bonds is 6. The van der Waals surface area contributed by atoms with Crippen molar-refractivity contribution in [1.82, 2.24) is 10.2 Å². The Balaban J connectivity index is 2.58. The van der Waals surface area contributed by atoms with Crippen molar-refractivity contribution in [2.75, 3.05) is 33.9 Å². The van der Waals surface area contributed by atoms with Crippen molar-refractivity contribution in [2.45, 2.75) is 0 Å². The molecule has 0 fully saturated rings. The van der Waals surface area contributed by atoms with Crippen LogP contribution in [0.25, 0.3) is 0 Å². The van der Waals surface area contributed by atoms with Crippen LogP contribution in [0.3, 0.4) is 0 Å². The summed E-state index contributed by atoms with van der Waals surface area (Å²) in [6.45, 7) is 0.856. The van der Waals surface area contributed by atoms with Crippen LogP contribution in [0.4, 0.5) is 0 Å². The fourth-order valence-electron chi connectivity index (χ4n) is 1.49. The van der Waals surface area contributed by atoms with Crippen molar-refractivity contribution in [3.8, 4) is 0 Å². The van der Waals surface area contributed by atoms with Gasteiger partial charge in [0.15, 0.2) is 0 Å². The normalized spacial score (nSPS) is 10.2. The molecule has 0 aliphatic carbocycles. The predicted octanol–water partition coefficient (Wildman–Crippen LogP) is 1.78. The summed E-state index contributed by atoms with van der Waals surface area (Å²) in [6.07, 6.45) is 0. The van der Waals surface area contributed by atoms with Crippen LogP contribution in [0.1, 0.15) is 10.4 Å². The number of carbonyl (C=O) groups is 2. The summed E-state index contributed by atoms with van der Waals surface area (Å²) in [5, 5.41) is 3.18. The highest BCUT2D eigenvalue weighted by Crippen LogP contribution is 2.20. The van der Waals surface area contributed by atoms with Crippen LogP contribution in [-0.2, 0) is 9.53 Å². The minimum atomic E-state index is -0.245. The van der Waals surface area contributed by atoms with Crippen LogP contribution in [0, 0.1) is 3.57 Å². The monoisotopic (exact) mass is 410 g/mol. The van der Waals surface area contributed by atoms with E-state index in [1.54, 1.807) is 32.4 Å². The van der Waals surface area contributed by atoms with Gasteiger partial charge in [0.1, 0.15) is 0 Å². The van der Waals surface area contributed by atoms with Crippen LogP contribution >= 0.6 is 34.2 Å². The molecule has 0 unspecified atom stereocenters. The molecule has 1 rings (SSSR count). The Kier molecular flexibility index (Phi) is 7.25. The van der Waals surface area contributed by atoms with Gasteiger partial charge in [-0.2, -0.15) is 0 Å². The third kappa shape index (κ3) is 5.26. The Labute approximate surface area is 136 Å². The highest BCUT2D eigenvalue weighted by molar-refractivity contribution is 14.1. The molecule has 1 N–H and O–H groups in total. The molecule has 20 heavy (non-hydrogen) atoms. The van der Waals surface area contributed by atoms with Gasteiger partial charge in [0.25, 0.3) is 5.91 Å². The van der Waals surface area contributed by atoms with Gasteiger partial charge in [-0.25, -0.2) is 0 Å². The van der Waals surface area contributed by atoms with E-state index in [1.807, 2.05) is 0 Å². The Morgan fingerprint density at radius 3 is 2.75 bits per heavy atom. The zero-order valence-corrected chi connectivity index (χ0v) is 14.2. The Morgan fingerprint density at radius 1 is 1.45 bits per heavy atom. The lowest BCUT2D eigenvalue weighted by molar-refractivity contribution is -0.121. The van der Waals surface area contributed by atoms with Crippen molar-refractivity contribution >= 4 is 46.0 Å². The van der Waals surface area contributed by atoms with E-state index >= 15 is 0 Å². The van der Waals surface area contributed by atoms with Crippen molar-refractivity contribution in [3.63, 3.8) is 0 Å². The standard InChI is InChI=1S/C13H16ClIN2O3/c1-17(8-12(18)16-5-6-20-2)13(19)9-3-4-11(15)10(14)7-9/h3-4,7H,5-6,8H2,1-2H3,(H,16,18). The van der Waals surface area contributed by atoms with E-state index in [0.29, 0.717) is 23.7 Å². The molecule has 2 amide bonds. The van der Waals surface area contributed by atoms with E-state index in [9.17, 15) is 9.59 Å². The number of amides is 2. The first-order valence-corrected chi connectivity index (χ1v) is 7.37. The molecule has 0 atom stereocenters. The SMILES string of the molecule is COCCNC(=O)CN(C)C(=O)c1ccc(I)c(Cl)c1. The number of ether oxygens (including phenoxy) is 1. The molecule has 0 spiro atoms. The summed E-state index contributed by atoms with van der Waals surface area (Å²) in [5.41, 5.74) is 0.461. The summed E-state index contributed by atoms with van der Waals surface area (Å²) >= 11 is 8.07. The molecule has 0 aliphatic heterocycles. The highest BCUT2D eigenvalue weighted by atomic mass is 127. The Hall–Kier alpha value is -0.860. The first-order valence-electron chi connectivity index (χ1n) is 5.92. The predicted molar refractivity (Wildman–Crippen MR) is 86.0 cm³/mol. The van der Waals surface area contributed by atoms with Gasteiger partial charge >= 0.3 is 0 Å². The van der Waals surface area contributed by atoms with E-state index in [4.69, 9.17) is 16.3 Å². The number of benzene rings is 1. The maximum atomic E-state index is 12.1. The molecule has 0 saturated carbocycles. The molecule has 1 aromatic carbocycles. The minimum Gasteiger partial charge on any atom is -0.383 e. The number of nitrogens with zero attached hydrogens (tertiary/aromatic N) is 1. The second-order valence-corrected chi connectivity index (χ2v) is 5.70. The van der Waals surface area contributed by atoms with E-state index < -0.39 is 0 Å². The molecule has 0 saturated heterocycles. The number of hydrogen-bond donors (Lipinski definition) is 1. The van der Waals surface area contributed by atoms with E-state index in [1.165, 1.54) is 4.90 Å². The number of methoxy groups -OCH3 is 1. The van der Waals surface area contributed by atoms with Crippen LogP contribution in [0.5, 0.6) is 0 Å². The molecule has 0 aliphatic rings. The topological polar surface area (TPSA) is 58.6 Å². The number of halogens is 2. The summed E-state index contributed by atoms with van der Waals surface area (Å²) in [4.78, 5) is 25.1. The van der Waals surface area contributed by atoms with E-state index in [0.717, 1.165) is 3.57 Å². The quantitative estimate of drug-likeness (QED) is 0.574. The summed E-state index contributed by atoms with van der Waals surface area (Å²) < 4.78 is 5.70. The molecule has 0 heterocycles. The maximum absolute atomic E-state index is 12.1. The third-order valence-corrected chi connectivity index (χ3v) is 4.09. The lowest BCUT2D eigenvalue weighted by Gasteiger charge is -2.17. The van der Waals surface area contributed by atoms with Crippen molar-refractivity contribution in [3.05, 3.63) is 32.4 Å². The first kappa shape index (κ1) is 17.2. The number of nitrogens with one attached hydrogen (secondary N) is 1. The van der Waals surface area contributed by atoms with Gasteiger partial charge in [0.05, 0.1) is 18.2 Å². The molecule has 0 bridgehead atoms. The van der Waals surface area contributed by atoms with E-state index in [2.05, 4.69) is 27.9 Å². The van der Waals surface area contributed by atoms with Gasteiger partial charge < -0.3 is 15.0 Å². The van der Waals surface area contributed by atoms with Crippen molar-refractivity contribution < 1.29 is 14.3 Å². The van der Waals surface area contributed by atoms with Crippen LogP contribution in [0.2, 0.25) is 5.02 Å². The Morgan fingerprint density at radius 2 is 2.15 bits per heavy atom. The van der Waals surface area contributed by atoms with Crippen molar-refractivity contribution in [1.29, 1.82) is 0 Å². The van der Waals surface area contributed by atoms with Gasteiger partial charge in [-0.1, -0.05) is 11.6 Å². The van der Waals surface area contributed by atoms with Gasteiger partial charge in [0.2, 0.25) is 5.91 Å². The molecule has 0 radical (unpaired) electrons. The number of hydrogen-bond acceptors (Lipinski definition) is 3. The summed E-state index contributed by atoms with van der Waals surface area (Å²) in [7, 11) is 3.13. The zero-order valence-electron chi connectivity index (χ0n) is 11.3. The lowest BCUT2D eigenvalue weighted by Crippen LogP contribution is -2.39. The van der Waals surface area contributed by atoms with Crippen LogP contribution in [0.15, 0.2) is 18.2 Å². The highest BCUT2D eigenvalue weighted by Gasteiger charge is 2.15. The van der Waals surface area contributed by atoms with Crippen LogP contribution in [-0.4, -0.2) is 50.6 Å². The van der Waals surface area contributed by atoms with Crippen molar-refractivity contribution in [2.24, 2.45) is 0 Å².